The predicted octanol–water partition coefficient (Wildman–Crippen LogP) is 0.525. The lowest BCUT2D eigenvalue weighted by atomic mass is 9.94. The smallest absolute Gasteiger partial charge is 0.307 e. The average molecular weight is 301 g/mol. The quantitative estimate of drug-likeness (QED) is 0.657. The van der Waals surface area contributed by atoms with Crippen LogP contribution in [-0.2, 0) is 23.9 Å². The van der Waals surface area contributed by atoms with Crippen LogP contribution in [0.1, 0.15) is 25.7 Å². The summed E-state index contributed by atoms with van der Waals surface area (Å²) in [6.45, 7) is 0.907. The molecule has 0 aromatic carbocycles. The second kappa shape index (κ2) is 8.61. The van der Waals surface area contributed by atoms with Crippen molar-refractivity contribution < 1.29 is 29.0 Å². The number of hydrogen-bond acceptors (Lipinski definition) is 5. The summed E-state index contributed by atoms with van der Waals surface area (Å²) in [6.07, 6.45) is 1.94. The summed E-state index contributed by atoms with van der Waals surface area (Å²) in [5.41, 5.74) is 0. The van der Waals surface area contributed by atoms with Gasteiger partial charge < -0.3 is 19.5 Å². The van der Waals surface area contributed by atoms with Crippen molar-refractivity contribution >= 4 is 17.8 Å². The van der Waals surface area contributed by atoms with Crippen LogP contribution in [-0.4, -0.2) is 61.8 Å². The van der Waals surface area contributed by atoms with Gasteiger partial charge in [-0.15, -0.1) is 0 Å². The van der Waals surface area contributed by atoms with Gasteiger partial charge in [-0.2, -0.15) is 0 Å². The van der Waals surface area contributed by atoms with Gasteiger partial charge in [-0.25, -0.2) is 0 Å². The van der Waals surface area contributed by atoms with E-state index in [1.165, 1.54) is 19.1 Å². The molecule has 0 bridgehead atoms. The fourth-order valence-corrected chi connectivity index (χ4v) is 2.65. The number of hydrogen-bond donors (Lipinski definition) is 1. The molecule has 0 radical (unpaired) electrons. The van der Waals surface area contributed by atoms with Gasteiger partial charge in [-0.3, -0.25) is 14.4 Å². The number of ether oxygens (including phenoxy) is 2. The molecular weight excluding hydrogens is 278 g/mol. The van der Waals surface area contributed by atoms with Gasteiger partial charge in [-0.1, -0.05) is 6.42 Å². The molecule has 0 saturated heterocycles. The number of methoxy groups -OCH3 is 2. The summed E-state index contributed by atoms with van der Waals surface area (Å²) in [6, 6.07) is 0. The molecule has 2 atom stereocenters. The van der Waals surface area contributed by atoms with E-state index in [0.717, 1.165) is 6.42 Å². The van der Waals surface area contributed by atoms with Gasteiger partial charge in [0.15, 0.2) is 0 Å². The third-order valence-corrected chi connectivity index (χ3v) is 3.84. The van der Waals surface area contributed by atoms with Gasteiger partial charge >= 0.3 is 11.9 Å². The van der Waals surface area contributed by atoms with Gasteiger partial charge in [0.25, 0.3) is 0 Å². The Hall–Kier alpha value is -1.63. The van der Waals surface area contributed by atoms with Gasteiger partial charge in [0.05, 0.1) is 32.0 Å². The zero-order chi connectivity index (χ0) is 15.8. The summed E-state index contributed by atoms with van der Waals surface area (Å²) in [4.78, 5) is 36.4. The van der Waals surface area contributed by atoms with E-state index < -0.39 is 23.8 Å². The highest BCUT2D eigenvalue weighted by Crippen LogP contribution is 2.33. The Kier molecular flexibility index (Phi) is 7.14. The maximum absolute atomic E-state index is 12.5. The summed E-state index contributed by atoms with van der Waals surface area (Å²) in [7, 11) is 2.82. The largest absolute Gasteiger partial charge is 0.481 e. The molecule has 0 aromatic heterocycles. The number of amides is 1. The maximum atomic E-state index is 12.5. The van der Waals surface area contributed by atoms with Crippen molar-refractivity contribution in [2.45, 2.75) is 25.7 Å². The molecule has 1 saturated carbocycles. The molecule has 0 heterocycles. The molecule has 0 aromatic rings. The Morgan fingerprint density at radius 2 is 1.81 bits per heavy atom. The van der Waals surface area contributed by atoms with Crippen LogP contribution in [0.2, 0.25) is 0 Å². The van der Waals surface area contributed by atoms with Crippen LogP contribution < -0.4 is 0 Å². The molecule has 1 N–H and O–H groups in total. The number of esters is 1. The second-order valence-electron chi connectivity index (χ2n) is 5.13. The molecule has 7 heteroatoms. The summed E-state index contributed by atoms with van der Waals surface area (Å²) >= 11 is 0. The molecule has 0 aliphatic heterocycles. The van der Waals surface area contributed by atoms with Crippen LogP contribution >= 0.6 is 0 Å². The number of nitrogens with zero attached hydrogens (tertiary/aromatic N) is 1. The first-order chi connectivity index (χ1) is 10.0. The van der Waals surface area contributed by atoms with E-state index >= 15 is 0 Å². The zero-order valence-corrected chi connectivity index (χ0v) is 12.5. The van der Waals surface area contributed by atoms with Crippen LogP contribution in [0.3, 0.4) is 0 Å². The zero-order valence-electron chi connectivity index (χ0n) is 12.5. The maximum Gasteiger partial charge on any atom is 0.307 e. The molecule has 1 amide bonds. The first-order valence-electron chi connectivity index (χ1n) is 7.08. The lowest BCUT2D eigenvalue weighted by molar-refractivity contribution is -0.150. The standard InChI is InChI=1S/C14H23NO6/c1-20-9-8-15(7-6-12(16)21-2)13(17)10-4-3-5-11(10)14(18)19/h10-11H,3-9H2,1-2H3,(H,18,19)/t10-,11+/m1/s1. The van der Waals surface area contributed by atoms with Gasteiger partial charge in [0, 0.05) is 20.2 Å². The highest BCUT2D eigenvalue weighted by molar-refractivity contribution is 5.85. The molecule has 21 heavy (non-hydrogen) atoms. The van der Waals surface area contributed by atoms with Crippen LogP contribution in [0, 0.1) is 11.8 Å². The Balaban J connectivity index is 2.69. The van der Waals surface area contributed by atoms with Crippen LogP contribution in [0.4, 0.5) is 0 Å². The monoisotopic (exact) mass is 301 g/mol. The van der Waals surface area contributed by atoms with Crippen molar-refractivity contribution in [3.63, 3.8) is 0 Å². The third-order valence-electron chi connectivity index (χ3n) is 3.84. The minimum atomic E-state index is -0.925. The van der Waals surface area contributed by atoms with Crippen molar-refractivity contribution in [2.24, 2.45) is 11.8 Å². The van der Waals surface area contributed by atoms with Gasteiger partial charge in [0.2, 0.25) is 5.91 Å². The van der Waals surface area contributed by atoms with E-state index in [1.54, 1.807) is 0 Å². The van der Waals surface area contributed by atoms with E-state index in [2.05, 4.69) is 4.74 Å². The van der Waals surface area contributed by atoms with Crippen molar-refractivity contribution in [2.75, 3.05) is 33.9 Å². The molecule has 1 fully saturated rings. The minimum Gasteiger partial charge on any atom is -0.481 e. The number of carboxylic acid groups (broad SMARTS) is 1. The van der Waals surface area contributed by atoms with Crippen molar-refractivity contribution in [3.05, 3.63) is 0 Å². The number of rotatable bonds is 8. The van der Waals surface area contributed by atoms with E-state index in [9.17, 15) is 19.5 Å². The first-order valence-corrected chi connectivity index (χ1v) is 7.08. The lowest BCUT2D eigenvalue weighted by Crippen LogP contribution is -2.42. The second-order valence-corrected chi connectivity index (χ2v) is 5.13. The molecule has 120 valence electrons. The van der Waals surface area contributed by atoms with E-state index in [1.807, 2.05) is 0 Å². The van der Waals surface area contributed by atoms with Gasteiger partial charge in [-0.05, 0) is 12.8 Å². The number of aliphatic carboxylic acids is 1. The van der Waals surface area contributed by atoms with Crippen molar-refractivity contribution in [1.29, 1.82) is 0 Å². The fourth-order valence-electron chi connectivity index (χ4n) is 2.65. The summed E-state index contributed by atoms with van der Waals surface area (Å²) in [5.74, 6) is -2.66. The van der Waals surface area contributed by atoms with E-state index in [-0.39, 0.29) is 18.9 Å². The normalized spacial score (nSPS) is 21.0. The van der Waals surface area contributed by atoms with Crippen LogP contribution in [0.25, 0.3) is 0 Å². The summed E-state index contributed by atoms with van der Waals surface area (Å²) < 4.78 is 9.53. The third kappa shape index (κ3) is 5.00. The minimum absolute atomic E-state index is 0.0937. The van der Waals surface area contributed by atoms with E-state index in [4.69, 9.17) is 4.74 Å². The summed E-state index contributed by atoms with van der Waals surface area (Å²) in [5, 5.41) is 9.18. The average Bonchev–Trinajstić information content (AvgIpc) is 2.96. The fraction of sp³-hybridized carbons (Fsp3) is 0.786. The SMILES string of the molecule is COCCN(CCC(=O)OC)C(=O)[C@@H]1CCC[C@@H]1C(=O)O. The topological polar surface area (TPSA) is 93.1 Å². The Bertz CT molecular complexity index is 384. The molecular formula is C14H23NO6. The Morgan fingerprint density at radius 1 is 1.14 bits per heavy atom. The van der Waals surface area contributed by atoms with Crippen LogP contribution in [0.5, 0.6) is 0 Å². The highest BCUT2D eigenvalue weighted by atomic mass is 16.5. The molecule has 1 rings (SSSR count). The van der Waals surface area contributed by atoms with Crippen molar-refractivity contribution in [1.82, 2.24) is 4.90 Å². The molecule has 0 spiro atoms. The molecule has 1 aliphatic carbocycles. The van der Waals surface area contributed by atoms with E-state index in [0.29, 0.717) is 26.0 Å². The number of carbonyl (C=O) groups is 3. The number of carbonyl (C=O) groups excluding carboxylic acids is 2. The van der Waals surface area contributed by atoms with Crippen molar-refractivity contribution in [3.8, 4) is 0 Å². The van der Waals surface area contributed by atoms with Gasteiger partial charge in [0.1, 0.15) is 0 Å². The Labute approximate surface area is 124 Å². The highest BCUT2D eigenvalue weighted by Gasteiger charge is 2.39. The first kappa shape index (κ1) is 17.4. The molecule has 7 nitrogen and oxygen atoms in total. The number of carboxylic acids is 1. The lowest BCUT2D eigenvalue weighted by Gasteiger charge is -2.26. The Morgan fingerprint density at radius 3 is 2.38 bits per heavy atom. The predicted molar refractivity (Wildman–Crippen MR) is 73.6 cm³/mol. The molecule has 0 unspecified atom stereocenters. The van der Waals surface area contributed by atoms with Crippen LogP contribution in [0.15, 0.2) is 0 Å². The molecule has 1 aliphatic rings.